The summed E-state index contributed by atoms with van der Waals surface area (Å²) in [6, 6.07) is 49.5. The molecule has 21 N–H and O–H groups in total. The van der Waals surface area contributed by atoms with Crippen molar-refractivity contribution in [3.63, 3.8) is 0 Å². The summed E-state index contributed by atoms with van der Waals surface area (Å²) in [4.78, 5) is 180. The molecule has 1 aliphatic rings. The standard InChI is InChI=1S/C103H147N20O14P/c1-5-78(45-29-52-113-100(104)105)96(132)118-85(64-75-39-21-12-22-40-75)91(127)69-81(61-72-33-15-9-16-34-72)89(125)67-79(46-30-53-114-101(106)107)97(133)119-86(65-76-41-23-13-24-42-76)92(128)70-82(62-73-35-17-10-18-36-73)90(126)68-80(47-31-54-115-102(108)109)98(134)120-87(66-77-43-25-14-26-44-77)93(129)71-83(63-74-37-19-11-20-38-74)99(135)117-84(48-32-55-116-103(110)111)88(124)49-27-7-8-28-50-94(130)112-56-51-95(131)122-57-59-123(60-58-122)138(136,121(3)4)137-6-2/h9-26,33-44,78-87H,5-8,27-32,45-71H2,1-4H3,(H,112,130)(H,117,135)(H,118,132)(H,119,133)(H,120,134)(H4,104,105,113)(H4,106,107,114)(H4,108,109,115)(H4,110,111,116). The van der Waals surface area contributed by atoms with Gasteiger partial charge in [-0.25, -0.2) is 9.34 Å². The zero-order valence-corrected chi connectivity index (χ0v) is 81.5. The van der Waals surface area contributed by atoms with Crippen LogP contribution in [0.3, 0.4) is 0 Å². The molecule has 1 aliphatic heterocycles. The first-order chi connectivity index (χ1) is 66.3. The fourth-order valence-electron chi connectivity index (χ4n) is 17.2. The number of guanidine groups is 4. The maximum Gasteiger partial charge on any atom is 0.345 e. The zero-order chi connectivity index (χ0) is 100. The van der Waals surface area contributed by atoms with E-state index in [1.807, 2.05) is 85.8 Å². The third-order valence-corrected chi connectivity index (χ3v) is 27.6. The van der Waals surface area contributed by atoms with Crippen molar-refractivity contribution in [1.29, 1.82) is 21.6 Å². The van der Waals surface area contributed by atoms with Gasteiger partial charge in [-0.3, -0.25) is 83.7 Å². The third kappa shape index (κ3) is 41.7. The largest absolute Gasteiger partial charge is 0.370 e. The Morgan fingerprint density at radius 2 is 0.645 bits per heavy atom. The second-order valence-electron chi connectivity index (χ2n) is 35.8. The number of hydrogen-bond donors (Lipinski definition) is 17. The average Bonchev–Trinajstić information content (AvgIpc) is 0.804. The van der Waals surface area contributed by atoms with Gasteiger partial charge in [0.2, 0.25) is 35.4 Å². The molecule has 138 heavy (non-hydrogen) atoms. The minimum Gasteiger partial charge on any atom is -0.370 e. The van der Waals surface area contributed by atoms with E-state index >= 15 is 38.4 Å². The minimum atomic E-state index is -3.20. The maximum absolute atomic E-state index is 15.7. The van der Waals surface area contributed by atoms with Crippen LogP contribution in [-0.2, 0) is 105 Å². The van der Waals surface area contributed by atoms with Gasteiger partial charge >= 0.3 is 7.67 Å². The van der Waals surface area contributed by atoms with Crippen molar-refractivity contribution in [3.05, 3.63) is 215 Å². The molecule has 1 fully saturated rings. The average molecular weight is 1920 g/mol. The van der Waals surface area contributed by atoms with E-state index < -0.39 is 140 Å². The number of unbranched alkanes of at least 4 members (excludes halogenated alkanes) is 3. The van der Waals surface area contributed by atoms with Gasteiger partial charge in [0.15, 0.2) is 47.0 Å². The normalized spacial score (nSPS) is 14.6. The van der Waals surface area contributed by atoms with Gasteiger partial charge in [-0.2, -0.15) is 0 Å². The summed E-state index contributed by atoms with van der Waals surface area (Å²) < 4.78 is 22.5. The Hall–Kier alpha value is -12.7. The number of carbonyl (C=O) groups excluding carboxylic acids is 12. The highest BCUT2D eigenvalue weighted by atomic mass is 31.2. The van der Waals surface area contributed by atoms with Crippen molar-refractivity contribution in [2.24, 2.45) is 58.4 Å². The number of ketones is 6. The molecule has 0 aliphatic carbocycles. The van der Waals surface area contributed by atoms with E-state index in [0.29, 0.717) is 106 Å². The van der Waals surface area contributed by atoms with Gasteiger partial charge in [0.25, 0.3) is 0 Å². The molecule has 1 heterocycles. The Morgan fingerprint density at radius 1 is 0.341 bits per heavy atom. The lowest BCUT2D eigenvalue weighted by Crippen LogP contribution is -2.49. The van der Waals surface area contributed by atoms with Crippen molar-refractivity contribution >= 4 is 102 Å². The van der Waals surface area contributed by atoms with Crippen molar-refractivity contribution in [3.8, 4) is 0 Å². The molecule has 0 saturated carbocycles. The molecule has 0 bridgehead atoms. The molecule has 11 atom stereocenters. The Kier molecular flexibility index (Phi) is 50.1. The Balaban J connectivity index is 1.11. The van der Waals surface area contributed by atoms with Crippen LogP contribution in [-0.4, -0.2) is 212 Å². The van der Waals surface area contributed by atoms with Gasteiger partial charge in [0, 0.05) is 146 Å². The highest BCUT2D eigenvalue weighted by Crippen LogP contribution is 2.52. The smallest absolute Gasteiger partial charge is 0.345 e. The lowest BCUT2D eigenvalue weighted by molar-refractivity contribution is -0.136. The van der Waals surface area contributed by atoms with Crippen LogP contribution in [0.25, 0.3) is 0 Å². The molecule has 34 nitrogen and oxygen atoms in total. The quantitative estimate of drug-likeness (QED) is 0.00735. The molecule has 35 heteroatoms. The highest BCUT2D eigenvalue weighted by Gasteiger charge is 2.40. The van der Waals surface area contributed by atoms with Crippen molar-refractivity contribution in [1.82, 2.24) is 62.1 Å². The van der Waals surface area contributed by atoms with Crippen molar-refractivity contribution in [2.75, 3.05) is 79.6 Å². The molecule has 0 radical (unpaired) electrons. The van der Waals surface area contributed by atoms with E-state index in [-0.39, 0.29) is 176 Å². The van der Waals surface area contributed by atoms with Gasteiger partial charge in [0.05, 0.1) is 30.8 Å². The van der Waals surface area contributed by atoms with Crippen LogP contribution in [0.5, 0.6) is 0 Å². The van der Waals surface area contributed by atoms with E-state index in [2.05, 4.69) is 47.9 Å². The first kappa shape index (κ1) is 112. The summed E-state index contributed by atoms with van der Waals surface area (Å²) in [5.74, 6) is -12.5. The lowest BCUT2D eigenvalue weighted by Gasteiger charge is -2.40. The minimum absolute atomic E-state index is 0.00779. The van der Waals surface area contributed by atoms with E-state index in [9.17, 15) is 23.7 Å². The second kappa shape index (κ2) is 61.5. The topological polar surface area (TPSA) is 549 Å². The Bertz CT molecular complexity index is 4930. The number of nitrogens with two attached hydrogens (primary N) is 4. The monoisotopic (exact) mass is 1920 g/mol. The van der Waals surface area contributed by atoms with Gasteiger partial charge in [-0.1, -0.05) is 202 Å². The molecule has 748 valence electrons. The summed E-state index contributed by atoms with van der Waals surface area (Å²) >= 11 is 0. The van der Waals surface area contributed by atoms with Gasteiger partial charge in [-0.15, -0.1) is 0 Å². The first-order valence-electron chi connectivity index (χ1n) is 48.5. The lowest BCUT2D eigenvalue weighted by atomic mass is 9.82. The number of rotatable bonds is 67. The van der Waals surface area contributed by atoms with Crippen LogP contribution >= 0.6 is 7.67 Å². The molecule has 7 rings (SSSR count). The molecule has 1 saturated heterocycles. The second-order valence-corrected chi connectivity index (χ2v) is 38.4. The number of nitrogens with zero attached hydrogens (tertiary/aromatic N) is 3. The fraction of sp³-hybridized carbons (Fsp3) is 0.495. The van der Waals surface area contributed by atoms with Crippen molar-refractivity contribution < 1.29 is 66.6 Å². The molecular weight excluding hydrogens is 1770 g/mol. The number of Topliss-reactive ketones (excluding diaryl/α,β-unsaturated/α-hetero) is 6. The third-order valence-electron chi connectivity index (χ3n) is 24.9. The number of carbonyl (C=O) groups is 12. The molecule has 6 aromatic rings. The summed E-state index contributed by atoms with van der Waals surface area (Å²) in [5, 5.41) is 57.2. The van der Waals surface area contributed by atoms with Crippen LogP contribution in [0, 0.1) is 57.1 Å². The predicted octanol–water partition coefficient (Wildman–Crippen LogP) is 8.60. The predicted molar refractivity (Wildman–Crippen MR) is 536 cm³/mol. The molecular formula is C103H147N20O14P. The van der Waals surface area contributed by atoms with Crippen LogP contribution in [0.1, 0.15) is 182 Å². The number of piperazine rings is 1. The molecule has 0 spiro atoms. The van der Waals surface area contributed by atoms with E-state index in [4.69, 9.17) is 49.1 Å². The number of nitrogens with one attached hydrogen (secondary N) is 13. The van der Waals surface area contributed by atoms with Crippen molar-refractivity contribution in [2.45, 2.75) is 211 Å². The summed E-state index contributed by atoms with van der Waals surface area (Å²) in [7, 11) is 0.197. The van der Waals surface area contributed by atoms with Crippen LogP contribution in [0.15, 0.2) is 182 Å². The Labute approximate surface area is 812 Å². The fourth-order valence-corrected chi connectivity index (χ4v) is 19.1. The zero-order valence-electron chi connectivity index (χ0n) is 80.6. The summed E-state index contributed by atoms with van der Waals surface area (Å²) in [5.41, 5.74) is 26.8. The van der Waals surface area contributed by atoms with Crippen LogP contribution in [0.2, 0.25) is 0 Å². The first-order valence-corrected chi connectivity index (χ1v) is 50.0. The number of benzene rings is 6. The molecule has 6 amide bonds. The number of hydrogen-bond acceptors (Lipinski definition) is 18. The maximum atomic E-state index is 15.7. The molecule has 11 unspecified atom stereocenters. The summed E-state index contributed by atoms with van der Waals surface area (Å²) in [6.07, 6.45) is 2.98. The van der Waals surface area contributed by atoms with E-state index in [1.54, 1.807) is 138 Å². The van der Waals surface area contributed by atoms with E-state index in [1.165, 1.54) is 0 Å². The molecule has 6 aromatic carbocycles. The van der Waals surface area contributed by atoms with Gasteiger partial charge in [-0.05, 0) is 164 Å². The number of amides is 6. The SMILES string of the molecule is CCOP(=O)(N(C)C)N1CCN(C(=O)CCNC(=O)CCCCCCC(=O)C(CCCNC(=N)N)NC(=O)C(CC(=O)C(Cc2ccccc2)NC(=O)C(CCCNC(=N)N)CC(=O)C(CC(=O)C(Cc2ccccc2)NC(=O)C(CCCNC(=N)N)CC(=O)C(CC(=O)C(Cc2ccccc2)NC(=O)C(CC)CCCNC(=N)N)Cc2ccccc2)Cc2ccccc2)Cc2ccccc2)CC1. The van der Waals surface area contributed by atoms with Gasteiger partial charge in [0.1, 0.15) is 11.6 Å². The van der Waals surface area contributed by atoms with Gasteiger partial charge < -0.3 is 80.2 Å². The van der Waals surface area contributed by atoms with Crippen LogP contribution in [0.4, 0.5) is 0 Å². The van der Waals surface area contributed by atoms with E-state index in [0.717, 1.165) is 11.1 Å². The molecule has 0 aromatic heterocycles. The highest BCUT2D eigenvalue weighted by molar-refractivity contribution is 7.53. The summed E-state index contributed by atoms with van der Waals surface area (Å²) in [6.45, 7) is 6.43. The van der Waals surface area contributed by atoms with Crippen LogP contribution < -0.4 is 70.8 Å². The Morgan fingerprint density at radius 3 is 0.993 bits per heavy atom.